The summed E-state index contributed by atoms with van der Waals surface area (Å²) < 4.78 is 39.6. The number of benzene rings is 1. The zero-order chi connectivity index (χ0) is 13.1. The maximum Gasteiger partial charge on any atom is 0.141 e. The summed E-state index contributed by atoms with van der Waals surface area (Å²) in [5, 5.41) is 9.81. The predicted octanol–water partition coefficient (Wildman–Crippen LogP) is 2.78. The van der Waals surface area contributed by atoms with Gasteiger partial charge in [-0.2, -0.15) is 0 Å². The molecule has 0 spiro atoms. The Bertz CT molecular complexity index is 539. The third-order valence-electron chi connectivity index (χ3n) is 2.57. The van der Waals surface area contributed by atoms with E-state index < -0.39 is 23.6 Å². The molecule has 1 aromatic heterocycles. The summed E-state index contributed by atoms with van der Waals surface area (Å²) in [5.41, 5.74) is -0.0492. The van der Waals surface area contributed by atoms with Gasteiger partial charge in [0.25, 0.3) is 0 Å². The van der Waals surface area contributed by atoms with E-state index in [1.807, 2.05) is 0 Å². The third-order valence-corrected chi connectivity index (χ3v) is 2.57. The summed E-state index contributed by atoms with van der Waals surface area (Å²) in [5.74, 6) is -2.09. The fourth-order valence-corrected chi connectivity index (χ4v) is 1.65. The van der Waals surface area contributed by atoms with E-state index in [0.29, 0.717) is 0 Å². The van der Waals surface area contributed by atoms with Crippen molar-refractivity contribution >= 4 is 0 Å². The molecule has 0 aliphatic carbocycles. The maximum atomic E-state index is 13.4. The van der Waals surface area contributed by atoms with Crippen molar-refractivity contribution in [1.29, 1.82) is 0 Å². The number of aromatic nitrogens is 1. The lowest BCUT2D eigenvalue weighted by atomic mass is 10.0. The van der Waals surface area contributed by atoms with Crippen LogP contribution in [0.4, 0.5) is 13.2 Å². The van der Waals surface area contributed by atoms with Gasteiger partial charge in [0, 0.05) is 23.7 Å². The van der Waals surface area contributed by atoms with Gasteiger partial charge in [-0.15, -0.1) is 0 Å². The largest absolute Gasteiger partial charge is 0.388 e. The van der Waals surface area contributed by atoms with Crippen LogP contribution in [-0.2, 0) is 6.42 Å². The topological polar surface area (TPSA) is 33.1 Å². The Morgan fingerprint density at radius 3 is 2.39 bits per heavy atom. The molecule has 2 nitrogen and oxygen atoms in total. The normalized spacial score (nSPS) is 12.4. The average molecular weight is 253 g/mol. The van der Waals surface area contributed by atoms with Crippen molar-refractivity contribution in [3.8, 4) is 0 Å². The molecule has 2 aromatic rings. The first-order chi connectivity index (χ1) is 8.58. The third kappa shape index (κ3) is 2.68. The highest BCUT2D eigenvalue weighted by Crippen LogP contribution is 2.22. The van der Waals surface area contributed by atoms with E-state index in [1.54, 1.807) is 0 Å². The Labute approximate surface area is 102 Å². The minimum atomic E-state index is -1.21. The first kappa shape index (κ1) is 12.6. The molecule has 18 heavy (non-hydrogen) atoms. The fraction of sp³-hybridized carbons (Fsp3) is 0.154. The van der Waals surface area contributed by atoms with Gasteiger partial charge in [-0.05, 0) is 18.2 Å². The van der Waals surface area contributed by atoms with Crippen molar-refractivity contribution < 1.29 is 18.3 Å². The Balaban J connectivity index is 2.24. The van der Waals surface area contributed by atoms with E-state index in [1.165, 1.54) is 12.3 Å². The molecule has 0 radical (unpaired) electrons. The smallest absolute Gasteiger partial charge is 0.141 e. The second kappa shape index (κ2) is 5.18. The molecule has 1 atom stereocenters. The fourth-order valence-electron chi connectivity index (χ4n) is 1.65. The zero-order valence-electron chi connectivity index (χ0n) is 9.28. The Hall–Kier alpha value is -1.88. The minimum absolute atomic E-state index is 0.178. The van der Waals surface area contributed by atoms with Crippen LogP contribution in [0.1, 0.15) is 17.2 Å². The van der Waals surface area contributed by atoms with E-state index >= 15 is 0 Å². The van der Waals surface area contributed by atoms with Crippen LogP contribution in [0.2, 0.25) is 0 Å². The summed E-state index contributed by atoms with van der Waals surface area (Å²) in [6.45, 7) is 0. The van der Waals surface area contributed by atoms with Crippen LogP contribution in [-0.4, -0.2) is 10.1 Å². The lowest BCUT2D eigenvalue weighted by Gasteiger charge is -2.12. The predicted molar refractivity (Wildman–Crippen MR) is 59.2 cm³/mol. The molecule has 0 fully saturated rings. The standard InChI is InChI=1S/C13H10F3NO/c14-9-4-8(6-17-7-9)13(18)5-10-11(15)2-1-3-12(10)16/h1-4,6-7,13,18H,5H2. The molecule has 1 heterocycles. The molecule has 0 saturated carbocycles. The van der Waals surface area contributed by atoms with Crippen molar-refractivity contribution in [2.45, 2.75) is 12.5 Å². The SMILES string of the molecule is OC(Cc1c(F)cccc1F)c1cncc(F)c1. The van der Waals surface area contributed by atoms with Gasteiger partial charge in [0.2, 0.25) is 0 Å². The quantitative estimate of drug-likeness (QED) is 0.912. The van der Waals surface area contributed by atoms with E-state index in [2.05, 4.69) is 4.98 Å². The highest BCUT2D eigenvalue weighted by molar-refractivity contribution is 5.23. The first-order valence-corrected chi connectivity index (χ1v) is 5.29. The second-order valence-corrected chi connectivity index (χ2v) is 3.86. The molecule has 0 aliphatic heterocycles. The molecule has 94 valence electrons. The van der Waals surface area contributed by atoms with E-state index in [9.17, 15) is 18.3 Å². The number of hydrogen-bond donors (Lipinski definition) is 1. The van der Waals surface area contributed by atoms with Gasteiger partial charge in [-0.3, -0.25) is 4.98 Å². The molecule has 1 aromatic carbocycles. The number of hydrogen-bond acceptors (Lipinski definition) is 2. The number of pyridine rings is 1. The van der Waals surface area contributed by atoms with Crippen LogP contribution in [0.3, 0.4) is 0 Å². The van der Waals surface area contributed by atoms with Gasteiger partial charge < -0.3 is 5.11 Å². The van der Waals surface area contributed by atoms with E-state index in [4.69, 9.17) is 0 Å². The van der Waals surface area contributed by atoms with Crippen LogP contribution in [0.15, 0.2) is 36.7 Å². The lowest BCUT2D eigenvalue weighted by Crippen LogP contribution is -2.06. The molecule has 1 unspecified atom stereocenters. The van der Waals surface area contributed by atoms with Crippen LogP contribution in [0.5, 0.6) is 0 Å². The number of aliphatic hydroxyl groups excluding tert-OH is 1. The lowest BCUT2D eigenvalue weighted by molar-refractivity contribution is 0.174. The first-order valence-electron chi connectivity index (χ1n) is 5.29. The van der Waals surface area contributed by atoms with Gasteiger partial charge >= 0.3 is 0 Å². The number of rotatable bonds is 3. The van der Waals surface area contributed by atoms with Gasteiger partial charge in [-0.25, -0.2) is 13.2 Å². The molecular weight excluding hydrogens is 243 g/mol. The van der Waals surface area contributed by atoms with Gasteiger partial charge in [0.1, 0.15) is 17.5 Å². The van der Waals surface area contributed by atoms with Crippen molar-refractivity contribution in [1.82, 2.24) is 4.98 Å². The highest BCUT2D eigenvalue weighted by atomic mass is 19.1. The molecule has 0 bridgehead atoms. The second-order valence-electron chi connectivity index (χ2n) is 3.86. The van der Waals surface area contributed by atoms with E-state index in [-0.39, 0.29) is 17.5 Å². The van der Waals surface area contributed by atoms with Gasteiger partial charge in [0.05, 0.1) is 12.3 Å². The van der Waals surface area contributed by atoms with Crippen molar-refractivity contribution in [2.75, 3.05) is 0 Å². The summed E-state index contributed by atoms with van der Waals surface area (Å²) in [4.78, 5) is 3.57. The highest BCUT2D eigenvalue weighted by Gasteiger charge is 2.15. The van der Waals surface area contributed by atoms with Gasteiger partial charge in [0.15, 0.2) is 0 Å². The Morgan fingerprint density at radius 2 is 1.78 bits per heavy atom. The molecule has 0 aliphatic rings. The van der Waals surface area contributed by atoms with Crippen LogP contribution in [0.25, 0.3) is 0 Å². The number of aliphatic hydroxyl groups is 1. The van der Waals surface area contributed by atoms with Crippen LogP contribution in [0, 0.1) is 17.5 Å². The summed E-state index contributed by atoms with van der Waals surface area (Å²) >= 11 is 0. The summed E-state index contributed by atoms with van der Waals surface area (Å²) in [6.07, 6.45) is 0.760. The molecular formula is C13H10F3NO. The number of nitrogens with zero attached hydrogens (tertiary/aromatic N) is 1. The van der Waals surface area contributed by atoms with Crippen LogP contribution >= 0.6 is 0 Å². The van der Waals surface area contributed by atoms with Crippen molar-refractivity contribution in [2.24, 2.45) is 0 Å². The van der Waals surface area contributed by atoms with E-state index in [0.717, 1.165) is 24.4 Å². The molecule has 2 rings (SSSR count). The van der Waals surface area contributed by atoms with Crippen molar-refractivity contribution in [3.05, 3.63) is 65.2 Å². The maximum absolute atomic E-state index is 13.4. The Kier molecular flexibility index (Phi) is 3.62. The molecule has 5 heteroatoms. The van der Waals surface area contributed by atoms with Gasteiger partial charge in [-0.1, -0.05) is 6.07 Å². The monoisotopic (exact) mass is 253 g/mol. The number of halogens is 3. The average Bonchev–Trinajstić information content (AvgIpc) is 2.34. The molecule has 1 N–H and O–H groups in total. The van der Waals surface area contributed by atoms with Crippen molar-refractivity contribution in [3.63, 3.8) is 0 Å². The molecule has 0 amide bonds. The molecule has 0 saturated heterocycles. The van der Waals surface area contributed by atoms with Crippen LogP contribution < -0.4 is 0 Å². The zero-order valence-corrected chi connectivity index (χ0v) is 9.28. The summed E-state index contributed by atoms with van der Waals surface area (Å²) in [6, 6.07) is 4.53. The minimum Gasteiger partial charge on any atom is -0.388 e. The summed E-state index contributed by atoms with van der Waals surface area (Å²) in [7, 11) is 0. The Morgan fingerprint density at radius 1 is 1.11 bits per heavy atom.